The Morgan fingerprint density at radius 2 is 1.77 bits per heavy atom. The van der Waals surface area contributed by atoms with Crippen LogP contribution in [-0.2, 0) is 16.1 Å². The third-order valence-corrected chi connectivity index (χ3v) is 3.18. The molecule has 9 nitrogen and oxygen atoms in total. The molecule has 1 heterocycles. The molecule has 0 saturated heterocycles. The van der Waals surface area contributed by atoms with Crippen molar-refractivity contribution in [1.29, 1.82) is 0 Å². The fourth-order valence-electron chi connectivity index (χ4n) is 1.93. The molecule has 0 radical (unpaired) electrons. The number of urea groups is 1. The molecule has 2 aromatic rings. The van der Waals surface area contributed by atoms with E-state index in [0.29, 0.717) is 17.3 Å². The van der Waals surface area contributed by atoms with E-state index in [4.69, 9.17) is 18.6 Å². The third-order valence-electron chi connectivity index (χ3n) is 3.18. The minimum atomic E-state index is -0.773. The molecule has 3 amide bonds. The molecule has 0 spiro atoms. The van der Waals surface area contributed by atoms with Gasteiger partial charge in [0.15, 0.2) is 6.61 Å². The van der Waals surface area contributed by atoms with E-state index in [1.165, 1.54) is 32.6 Å². The summed E-state index contributed by atoms with van der Waals surface area (Å²) in [6.45, 7) is -0.498. The fourth-order valence-corrected chi connectivity index (χ4v) is 1.93. The molecule has 1 aromatic carbocycles. The van der Waals surface area contributed by atoms with Crippen molar-refractivity contribution in [2.45, 2.75) is 6.54 Å². The highest BCUT2D eigenvalue weighted by Gasteiger charge is 2.14. The first-order chi connectivity index (χ1) is 12.5. The second-order valence-corrected chi connectivity index (χ2v) is 4.99. The number of hydrogen-bond donors (Lipinski definition) is 2. The number of carbonyl (C=O) groups excluding carboxylic acids is 3. The van der Waals surface area contributed by atoms with Crippen LogP contribution in [0.15, 0.2) is 41.0 Å². The van der Waals surface area contributed by atoms with Gasteiger partial charge in [-0.25, -0.2) is 9.59 Å². The lowest BCUT2D eigenvalue weighted by molar-refractivity contribution is -0.123. The molecule has 0 unspecified atom stereocenters. The van der Waals surface area contributed by atoms with Gasteiger partial charge in [-0.2, -0.15) is 0 Å². The Morgan fingerprint density at radius 1 is 1.08 bits per heavy atom. The van der Waals surface area contributed by atoms with Gasteiger partial charge in [0.2, 0.25) is 0 Å². The first-order valence-electron chi connectivity index (χ1n) is 7.52. The average molecular weight is 362 g/mol. The van der Waals surface area contributed by atoms with Gasteiger partial charge in [-0.15, -0.1) is 0 Å². The van der Waals surface area contributed by atoms with Crippen LogP contribution in [0.2, 0.25) is 0 Å². The SMILES string of the molecule is COc1cc(OC)cc(C(=O)OCC(=O)NC(=O)NCc2ccco2)c1. The van der Waals surface area contributed by atoms with E-state index in [-0.39, 0.29) is 12.1 Å². The van der Waals surface area contributed by atoms with Gasteiger partial charge in [0.25, 0.3) is 5.91 Å². The molecule has 0 saturated carbocycles. The summed E-state index contributed by atoms with van der Waals surface area (Å²) in [6, 6.07) is 7.09. The number of furan rings is 1. The zero-order chi connectivity index (χ0) is 18.9. The van der Waals surface area contributed by atoms with E-state index in [1.807, 2.05) is 5.32 Å². The van der Waals surface area contributed by atoms with Gasteiger partial charge in [0.05, 0.1) is 32.6 Å². The Kier molecular flexibility index (Phi) is 6.60. The Morgan fingerprint density at radius 3 is 2.35 bits per heavy atom. The molecular weight excluding hydrogens is 344 g/mol. The number of nitrogens with one attached hydrogen (secondary N) is 2. The van der Waals surface area contributed by atoms with Crippen LogP contribution in [-0.4, -0.2) is 38.7 Å². The summed E-state index contributed by atoms with van der Waals surface area (Å²) in [6.07, 6.45) is 1.47. The van der Waals surface area contributed by atoms with Crippen LogP contribution in [0, 0.1) is 0 Å². The van der Waals surface area contributed by atoms with E-state index < -0.39 is 24.5 Å². The Bertz CT molecular complexity index is 749. The van der Waals surface area contributed by atoms with Crippen molar-refractivity contribution in [3.8, 4) is 11.5 Å². The largest absolute Gasteiger partial charge is 0.497 e. The topological polar surface area (TPSA) is 116 Å². The molecule has 26 heavy (non-hydrogen) atoms. The van der Waals surface area contributed by atoms with Crippen molar-refractivity contribution in [3.05, 3.63) is 47.9 Å². The second kappa shape index (κ2) is 9.11. The van der Waals surface area contributed by atoms with Crippen LogP contribution in [0.3, 0.4) is 0 Å². The van der Waals surface area contributed by atoms with Crippen molar-refractivity contribution in [3.63, 3.8) is 0 Å². The van der Waals surface area contributed by atoms with Gasteiger partial charge in [-0.1, -0.05) is 0 Å². The second-order valence-electron chi connectivity index (χ2n) is 4.99. The van der Waals surface area contributed by atoms with Crippen LogP contribution in [0.4, 0.5) is 4.79 Å². The van der Waals surface area contributed by atoms with Crippen LogP contribution in [0.5, 0.6) is 11.5 Å². The Hall–Kier alpha value is -3.49. The van der Waals surface area contributed by atoms with Crippen molar-refractivity contribution in [2.75, 3.05) is 20.8 Å². The van der Waals surface area contributed by atoms with Crippen molar-refractivity contribution in [1.82, 2.24) is 10.6 Å². The Labute approximate surface area is 149 Å². The van der Waals surface area contributed by atoms with Gasteiger partial charge in [-0.3, -0.25) is 10.1 Å². The zero-order valence-electron chi connectivity index (χ0n) is 14.2. The summed E-state index contributed by atoms with van der Waals surface area (Å²) in [5.74, 6) is -0.194. The molecular formula is C17H18N2O7. The first kappa shape index (κ1) is 18.8. The van der Waals surface area contributed by atoms with Gasteiger partial charge < -0.3 is 23.9 Å². The molecule has 138 valence electrons. The van der Waals surface area contributed by atoms with Gasteiger partial charge in [0, 0.05) is 6.07 Å². The molecule has 0 aliphatic heterocycles. The molecule has 2 N–H and O–H groups in total. The van der Waals surface area contributed by atoms with Crippen molar-refractivity contribution >= 4 is 17.9 Å². The van der Waals surface area contributed by atoms with E-state index in [0.717, 1.165) is 0 Å². The highest BCUT2D eigenvalue weighted by atomic mass is 16.5. The lowest BCUT2D eigenvalue weighted by Crippen LogP contribution is -2.41. The number of benzene rings is 1. The number of methoxy groups -OCH3 is 2. The van der Waals surface area contributed by atoms with Gasteiger partial charge in [0.1, 0.15) is 17.3 Å². The van der Waals surface area contributed by atoms with Gasteiger partial charge >= 0.3 is 12.0 Å². The van der Waals surface area contributed by atoms with E-state index in [2.05, 4.69) is 5.32 Å². The number of carbonyl (C=O) groups is 3. The number of rotatable bonds is 7. The molecule has 0 aliphatic carbocycles. The molecule has 0 atom stereocenters. The number of ether oxygens (including phenoxy) is 3. The van der Waals surface area contributed by atoms with Crippen LogP contribution < -0.4 is 20.1 Å². The number of esters is 1. The third kappa shape index (κ3) is 5.55. The van der Waals surface area contributed by atoms with Crippen LogP contribution in [0.25, 0.3) is 0 Å². The number of imide groups is 1. The first-order valence-corrected chi connectivity index (χ1v) is 7.52. The molecule has 0 fully saturated rings. The fraction of sp³-hybridized carbons (Fsp3) is 0.235. The maximum Gasteiger partial charge on any atom is 0.338 e. The summed E-state index contributed by atoms with van der Waals surface area (Å²) < 4.78 is 20.0. The van der Waals surface area contributed by atoms with Crippen molar-refractivity contribution in [2.24, 2.45) is 0 Å². The maximum absolute atomic E-state index is 12.0. The number of hydrogen-bond acceptors (Lipinski definition) is 7. The summed E-state index contributed by atoms with van der Waals surface area (Å²) in [7, 11) is 2.89. The summed E-state index contributed by atoms with van der Waals surface area (Å²) in [5.41, 5.74) is 0.149. The Balaban J connectivity index is 1.81. The molecule has 0 bridgehead atoms. The average Bonchev–Trinajstić information content (AvgIpc) is 3.17. The standard InChI is InChI=1S/C17H18N2O7/c1-23-13-6-11(7-14(8-13)24-2)16(21)26-10-15(20)19-17(22)18-9-12-4-3-5-25-12/h3-8H,9-10H2,1-2H3,(H2,18,19,20,22). The molecule has 9 heteroatoms. The predicted molar refractivity (Wildman–Crippen MR) is 88.9 cm³/mol. The van der Waals surface area contributed by atoms with E-state index in [9.17, 15) is 14.4 Å². The lowest BCUT2D eigenvalue weighted by Gasteiger charge is -2.09. The lowest BCUT2D eigenvalue weighted by atomic mass is 10.2. The molecule has 1 aromatic heterocycles. The minimum absolute atomic E-state index is 0.121. The number of amides is 3. The summed E-state index contributed by atoms with van der Waals surface area (Å²) in [4.78, 5) is 35.3. The van der Waals surface area contributed by atoms with E-state index in [1.54, 1.807) is 18.2 Å². The summed E-state index contributed by atoms with van der Waals surface area (Å²) >= 11 is 0. The normalized spacial score (nSPS) is 9.92. The minimum Gasteiger partial charge on any atom is -0.497 e. The quantitative estimate of drug-likeness (QED) is 0.717. The maximum atomic E-state index is 12.0. The zero-order valence-corrected chi connectivity index (χ0v) is 14.2. The van der Waals surface area contributed by atoms with Crippen molar-refractivity contribution < 1.29 is 33.0 Å². The monoisotopic (exact) mass is 362 g/mol. The van der Waals surface area contributed by atoms with E-state index >= 15 is 0 Å². The van der Waals surface area contributed by atoms with Crippen LogP contribution >= 0.6 is 0 Å². The molecule has 2 rings (SSSR count). The van der Waals surface area contributed by atoms with Crippen LogP contribution in [0.1, 0.15) is 16.1 Å². The summed E-state index contributed by atoms with van der Waals surface area (Å²) in [5, 5.41) is 4.46. The smallest absolute Gasteiger partial charge is 0.338 e. The highest BCUT2D eigenvalue weighted by molar-refractivity contribution is 5.97. The molecule has 0 aliphatic rings. The highest BCUT2D eigenvalue weighted by Crippen LogP contribution is 2.22. The predicted octanol–water partition coefficient (Wildman–Crippen LogP) is 1.48. The van der Waals surface area contributed by atoms with Gasteiger partial charge in [-0.05, 0) is 24.3 Å².